The van der Waals surface area contributed by atoms with Crippen molar-refractivity contribution in [3.05, 3.63) is 60.8 Å². The summed E-state index contributed by atoms with van der Waals surface area (Å²) < 4.78 is 16.8. The van der Waals surface area contributed by atoms with Crippen LogP contribution < -0.4 is 0 Å². The van der Waals surface area contributed by atoms with E-state index in [1.807, 2.05) is 0 Å². The fraction of sp³-hybridized carbons (Fsp3) is 0.787. The van der Waals surface area contributed by atoms with Gasteiger partial charge in [-0.15, -0.1) is 0 Å². The molecule has 0 unspecified atom stereocenters. The molecule has 0 aliphatic carbocycles. The van der Waals surface area contributed by atoms with E-state index in [0.717, 1.165) is 83.5 Å². The average molecular weight is 938 g/mol. The Balaban J connectivity index is 4.41. The molecule has 388 valence electrons. The molecular formula is C61H108O6. The van der Waals surface area contributed by atoms with Gasteiger partial charge in [-0.2, -0.15) is 0 Å². The molecule has 0 saturated heterocycles. The average Bonchev–Trinajstić information content (AvgIpc) is 3.33. The SMILES string of the molecule is CC/C=C\C/C=C\C/C=C\C/C=C\CCCCC(=O)OC[C@H](COC(=O)CCCCCCCCC/C=C\CCCCCCCC)OC(=O)CCCCCCCCCCCCCCCCCCC. The molecule has 6 nitrogen and oxygen atoms in total. The number of hydrogen-bond donors (Lipinski definition) is 0. The molecule has 0 aromatic heterocycles. The lowest BCUT2D eigenvalue weighted by molar-refractivity contribution is -0.167. The first-order chi connectivity index (χ1) is 33.0. The zero-order valence-electron chi connectivity index (χ0n) is 44.4. The van der Waals surface area contributed by atoms with E-state index in [9.17, 15) is 14.4 Å². The maximum atomic E-state index is 12.9. The molecule has 0 radical (unpaired) electrons. The largest absolute Gasteiger partial charge is 0.462 e. The first-order valence-corrected chi connectivity index (χ1v) is 28.8. The minimum atomic E-state index is -0.791. The van der Waals surface area contributed by atoms with Crippen LogP contribution in [0.15, 0.2) is 60.8 Å². The quantitative estimate of drug-likeness (QED) is 0.0262. The molecule has 6 heteroatoms. The third-order valence-corrected chi connectivity index (χ3v) is 12.5. The van der Waals surface area contributed by atoms with E-state index >= 15 is 0 Å². The van der Waals surface area contributed by atoms with Gasteiger partial charge in [0, 0.05) is 19.3 Å². The van der Waals surface area contributed by atoms with Gasteiger partial charge in [0.25, 0.3) is 0 Å². The highest BCUT2D eigenvalue weighted by atomic mass is 16.6. The lowest BCUT2D eigenvalue weighted by Crippen LogP contribution is -2.30. The Morgan fingerprint density at radius 3 is 0.955 bits per heavy atom. The van der Waals surface area contributed by atoms with Crippen LogP contribution >= 0.6 is 0 Å². The zero-order valence-corrected chi connectivity index (χ0v) is 44.4. The highest BCUT2D eigenvalue weighted by Gasteiger charge is 2.19. The molecule has 0 amide bonds. The summed E-state index contributed by atoms with van der Waals surface area (Å²) in [6, 6.07) is 0. The Bertz CT molecular complexity index is 1210. The van der Waals surface area contributed by atoms with Gasteiger partial charge in [0.05, 0.1) is 0 Å². The Morgan fingerprint density at radius 1 is 0.313 bits per heavy atom. The second kappa shape index (κ2) is 55.7. The summed E-state index contributed by atoms with van der Waals surface area (Å²) in [6.45, 7) is 6.51. The lowest BCUT2D eigenvalue weighted by Gasteiger charge is -2.18. The molecule has 1 atom stereocenters. The second-order valence-electron chi connectivity index (χ2n) is 19.2. The molecule has 67 heavy (non-hydrogen) atoms. The van der Waals surface area contributed by atoms with Crippen molar-refractivity contribution in [1.82, 2.24) is 0 Å². The van der Waals surface area contributed by atoms with Crippen LogP contribution in [0.2, 0.25) is 0 Å². The number of carbonyl (C=O) groups excluding carboxylic acids is 3. The van der Waals surface area contributed by atoms with Crippen molar-refractivity contribution in [1.29, 1.82) is 0 Å². The zero-order chi connectivity index (χ0) is 48.6. The molecule has 0 spiro atoms. The normalized spacial score (nSPS) is 12.5. The fourth-order valence-electron chi connectivity index (χ4n) is 8.19. The van der Waals surface area contributed by atoms with Crippen LogP contribution in [-0.2, 0) is 28.6 Å². The van der Waals surface area contributed by atoms with E-state index in [0.29, 0.717) is 19.3 Å². The number of hydrogen-bond acceptors (Lipinski definition) is 6. The predicted octanol–water partition coefficient (Wildman–Crippen LogP) is 19.2. The number of ether oxygens (including phenoxy) is 3. The van der Waals surface area contributed by atoms with Crippen LogP contribution in [-0.4, -0.2) is 37.2 Å². The lowest BCUT2D eigenvalue weighted by atomic mass is 10.0. The summed E-state index contributed by atoms with van der Waals surface area (Å²) >= 11 is 0. The van der Waals surface area contributed by atoms with Crippen molar-refractivity contribution in [2.45, 2.75) is 297 Å². The molecule has 0 aromatic carbocycles. The van der Waals surface area contributed by atoms with Crippen LogP contribution in [0, 0.1) is 0 Å². The van der Waals surface area contributed by atoms with Crippen LogP contribution in [0.4, 0.5) is 0 Å². The Morgan fingerprint density at radius 2 is 0.582 bits per heavy atom. The third kappa shape index (κ3) is 53.9. The Labute approximate surface area is 415 Å². The molecule has 0 fully saturated rings. The molecule has 0 saturated carbocycles. The van der Waals surface area contributed by atoms with Crippen LogP contribution in [0.5, 0.6) is 0 Å². The molecule has 0 heterocycles. The van der Waals surface area contributed by atoms with Gasteiger partial charge >= 0.3 is 17.9 Å². The first kappa shape index (κ1) is 64.1. The summed E-state index contributed by atoms with van der Waals surface area (Å²) in [5.41, 5.74) is 0. The van der Waals surface area contributed by atoms with Gasteiger partial charge in [-0.25, -0.2) is 0 Å². The Hall–Kier alpha value is -2.89. The van der Waals surface area contributed by atoms with Crippen molar-refractivity contribution < 1.29 is 28.6 Å². The maximum absolute atomic E-state index is 12.9. The van der Waals surface area contributed by atoms with Gasteiger partial charge < -0.3 is 14.2 Å². The van der Waals surface area contributed by atoms with Gasteiger partial charge in [0.2, 0.25) is 0 Å². The number of esters is 3. The highest BCUT2D eigenvalue weighted by Crippen LogP contribution is 2.16. The van der Waals surface area contributed by atoms with E-state index in [1.54, 1.807) is 0 Å². The van der Waals surface area contributed by atoms with Crippen LogP contribution in [0.1, 0.15) is 290 Å². The number of rotatable bonds is 52. The van der Waals surface area contributed by atoms with E-state index in [2.05, 4.69) is 81.5 Å². The van der Waals surface area contributed by atoms with Crippen molar-refractivity contribution in [3.8, 4) is 0 Å². The molecule has 0 rings (SSSR count). The third-order valence-electron chi connectivity index (χ3n) is 12.5. The van der Waals surface area contributed by atoms with E-state index in [1.165, 1.54) is 167 Å². The molecule has 0 aromatic rings. The van der Waals surface area contributed by atoms with E-state index in [4.69, 9.17) is 14.2 Å². The Kier molecular flexibility index (Phi) is 53.3. The van der Waals surface area contributed by atoms with Gasteiger partial charge in [-0.05, 0) is 83.5 Å². The summed E-state index contributed by atoms with van der Waals surface area (Å²) in [6.07, 6.45) is 69.3. The van der Waals surface area contributed by atoms with Gasteiger partial charge in [0.15, 0.2) is 6.10 Å². The minimum absolute atomic E-state index is 0.0872. The molecule has 0 aliphatic heterocycles. The number of carbonyl (C=O) groups is 3. The van der Waals surface area contributed by atoms with Gasteiger partial charge in [-0.1, -0.05) is 248 Å². The molecular weight excluding hydrogens is 829 g/mol. The molecule has 0 bridgehead atoms. The minimum Gasteiger partial charge on any atom is -0.462 e. The highest BCUT2D eigenvalue weighted by molar-refractivity contribution is 5.71. The van der Waals surface area contributed by atoms with Crippen molar-refractivity contribution >= 4 is 17.9 Å². The topological polar surface area (TPSA) is 78.9 Å². The first-order valence-electron chi connectivity index (χ1n) is 28.8. The molecule has 0 N–H and O–H groups in total. The standard InChI is InChI=1S/C61H108O6/c1-4-7-10-13-16-19-22-25-28-30-33-36-39-42-45-48-51-54-60(63)66-57-58(56-65-59(62)53-50-47-44-41-38-35-32-27-24-21-18-15-12-9-6-3)67-61(64)55-52-49-46-43-40-37-34-31-29-26-23-20-17-14-11-8-5-2/h9,12,18,21,25,27-28,32,38,41,58H,4-8,10-11,13-17,19-20,22-24,26,29-31,33-37,39-40,42-57H2,1-3H3/b12-9-,21-18-,28-25-,32-27-,41-38-/t58-/m1/s1. The van der Waals surface area contributed by atoms with E-state index in [-0.39, 0.29) is 31.1 Å². The van der Waals surface area contributed by atoms with Gasteiger partial charge in [-0.3, -0.25) is 14.4 Å². The van der Waals surface area contributed by atoms with Gasteiger partial charge in [0.1, 0.15) is 13.2 Å². The fourth-order valence-corrected chi connectivity index (χ4v) is 8.19. The molecule has 0 aliphatic rings. The number of unbranched alkanes of at least 4 members (excludes halogenated alkanes) is 31. The summed E-state index contributed by atoms with van der Waals surface area (Å²) in [5, 5.41) is 0. The van der Waals surface area contributed by atoms with Crippen LogP contribution in [0.25, 0.3) is 0 Å². The van der Waals surface area contributed by atoms with Crippen molar-refractivity contribution in [3.63, 3.8) is 0 Å². The summed E-state index contributed by atoms with van der Waals surface area (Å²) in [7, 11) is 0. The monoisotopic (exact) mass is 937 g/mol. The predicted molar refractivity (Wildman–Crippen MR) is 288 cm³/mol. The maximum Gasteiger partial charge on any atom is 0.306 e. The number of allylic oxidation sites excluding steroid dienone is 10. The summed E-state index contributed by atoms with van der Waals surface area (Å²) in [5.74, 6) is -0.921. The smallest absolute Gasteiger partial charge is 0.306 e. The van der Waals surface area contributed by atoms with Crippen molar-refractivity contribution in [2.24, 2.45) is 0 Å². The van der Waals surface area contributed by atoms with E-state index < -0.39 is 6.10 Å². The van der Waals surface area contributed by atoms with Crippen LogP contribution in [0.3, 0.4) is 0 Å². The van der Waals surface area contributed by atoms with Crippen molar-refractivity contribution in [2.75, 3.05) is 13.2 Å². The summed E-state index contributed by atoms with van der Waals surface area (Å²) in [4.78, 5) is 38.1. The second-order valence-corrected chi connectivity index (χ2v) is 19.2.